The Morgan fingerprint density at radius 3 is 2.60 bits per heavy atom. The maximum absolute atomic E-state index is 12.5. The van der Waals surface area contributed by atoms with E-state index in [1.807, 2.05) is 29.6 Å². The van der Waals surface area contributed by atoms with Crippen molar-refractivity contribution >= 4 is 27.2 Å². The van der Waals surface area contributed by atoms with Crippen LogP contribution in [0, 0.1) is 0 Å². The van der Waals surface area contributed by atoms with Crippen LogP contribution in [0.3, 0.4) is 0 Å². The van der Waals surface area contributed by atoms with Crippen LogP contribution in [0.4, 0.5) is 0 Å². The van der Waals surface area contributed by atoms with Gasteiger partial charge in [-0.3, -0.25) is 4.90 Å². The van der Waals surface area contributed by atoms with Gasteiger partial charge in [-0.05, 0) is 55.6 Å². The maximum atomic E-state index is 12.5. The van der Waals surface area contributed by atoms with E-state index in [1.54, 1.807) is 5.38 Å². The zero-order chi connectivity index (χ0) is 24.1. The minimum absolute atomic E-state index is 0.317. The second kappa shape index (κ2) is 10.9. The fourth-order valence-corrected chi connectivity index (χ4v) is 7.09. The number of fused-ring (bicyclic) bond motifs is 1. The van der Waals surface area contributed by atoms with Gasteiger partial charge in [0, 0.05) is 36.0 Å². The van der Waals surface area contributed by atoms with Crippen molar-refractivity contribution in [3.05, 3.63) is 82.0 Å². The molecule has 3 heterocycles. The molecule has 35 heavy (non-hydrogen) atoms. The van der Waals surface area contributed by atoms with E-state index in [2.05, 4.69) is 44.5 Å². The molecule has 8 heteroatoms. The average molecular weight is 510 g/mol. The number of rotatable bonds is 9. The van der Waals surface area contributed by atoms with Crippen molar-refractivity contribution in [3.8, 4) is 5.75 Å². The summed E-state index contributed by atoms with van der Waals surface area (Å²) in [7, 11) is -3.62. The molecule has 6 nitrogen and oxygen atoms in total. The van der Waals surface area contributed by atoms with Crippen molar-refractivity contribution in [2.75, 3.05) is 26.2 Å². The van der Waals surface area contributed by atoms with Crippen LogP contribution in [0.1, 0.15) is 42.4 Å². The SMILES string of the molecule is O=S1(=O)N=C(N(CCCOc2cccc(CN3CCCCC3)c2)Cc2ccccc2)c2cscc21. The van der Waals surface area contributed by atoms with Crippen LogP contribution in [0.15, 0.2) is 74.7 Å². The molecular weight excluding hydrogens is 478 g/mol. The summed E-state index contributed by atoms with van der Waals surface area (Å²) in [5.41, 5.74) is 3.10. The Balaban J connectivity index is 1.22. The molecule has 1 fully saturated rings. The van der Waals surface area contributed by atoms with Crippen LogP contribution in [0.25, 0.3) is 0 Å². The number of nitrogens with zero attached hydrogens (tertiary/aromatic N) is 3. The van der Waals surface area contributed by atoms with Crippen LogP contribution in [0.5, 0.6) is 5.75 Å². The van der Waals surface area contributed by atoms with Gasteiger partial charge < -0.3 is 9.64 Å². The number of ether oxygens (including phenoxy) is 1. The van der Waals surface area contributed by atoms with E-state index < -0.39 is 10.0 Å². The molecule has 184 valence electrons. The summed E-state index contributed by atoms with van der Waals surface area (Å²) in [6, 6.07) is 18.5. The predicted octanol–water partition coefficient (Wildman–Crippen LogP) is 5.15. The highest BCUT2D eigenvalue weighted by Crippen LogP contribution is 2.31. The number of sulfonamides is 1. The number of hydrogen-bond acceptors (Lipinski definition) is 6. The molecule has 2 aromatic carbocycles. The van der Waals surface area contributed by atoms with Gasteiger partial charge in [0.05, 0.1) is 6.61 Å². The first kappa shape index (κ1) is 24.0. The van der Waals surface area contributed by atoms with Gasteiger partial charge in [-0.1, -0.05) is 48.9 Å². The standard InChI is InChI=1S/C27H31N3O3S2/c31-35(32)26-21-34-20-25(26)27(28-35)30(19-22-9-3-1-4-10-22)15-8-16-33-24-12-7-11-23(17-24)18-29-13-5-2-6-14-29/h1,3-4,7,9-12,17,20-21H,2,5-6,8,13-16,18-19H2. The normalized spacial score (nSPS) is 17.1. The van der Waals surface area contributed by atoms with Crippen LogP contribution in [0.2, 0.25) is 0 Å². The summed E-state index contributed by atoms with van der Waals surface area (Å²) in [4.78, 5) is 4.89. The van der Waals surface area contributed by atoms with Crippen LogP contribution < -0.4 is 4.74 Å². The van der Waals surface area contributed by atoms with Gasteiger partial charge in [0.25, 0.3) is 10.0 Å². The maximum Gasteiger partial charge on any atom is 0.285 e. The molecule has 0 bridgehead atoms. The van der Waals surface area contributed by atoms with Crippen molar-refractivity contribution in [3.63, 3.8) is 0 Å². The van der Waals surface area contributed by atoms with Gasteiger partial charge in [0.1, 0.15) is 10.6 Å². The summed E-state index contributed by atoms with van der Waals surface area (Å²) in [6.07, 6.45) is 4.67. The van der Waals surface area contributed by atoms with Crippen LogP contribution in [-0.2, 0) is 23.1 Å². The number of hydrogen-bond donors (Lipinski definition) is 0. The van der Waals surface area contributed by atoms with Gasteiger partial charge in [-0.15, -0.1) is 4.40 Å². The van der Waals surface area contributed by atoms with Gasteiger partial charge in [-0.2, -0.15) is 19.8 Å². The molecule has 1 saturated heterocycles. The second-order valence-corrected chi connectivity index (χ2v) is 11.4. The predicted molar refractivity (Wildman–Crippen MR) is 141 cm³/mol. The van der Waals surface area contributed by atoms with Crippen molar-refractivity contribution in [2.24, 2.45) is 4.40 Å². The first-order chi connectivity index (χ1) is 17.1. The molecule has 0 atom stereocenters. The molecule has 5 rings (SSSR count). The van der Waals surface area contributed by atoms with Gasteiger partial charge in [0.15, 0.2) is 5.84 Å². The van der Waals surface area contributed by atoms with Gasteiger partial charge in [0.2, 0.25) is 0 Å². The summed E-state index contributed by atoms with van der Waals surface area (Å²) in [6.45, 7) is 5.11. The number of thiophene rings is 1. The summed E-state index contributed by atoms with van der Waals surface area (Å²) < 4.78 is 35.3. The van der Waals surface area contributed by atoms with Crippen LogP contribution >= 0.6 is 11.3 Å². The summed E-state index contributed by atoms with van der Waals surface area (Å²) >= 11 is 1.40. The molecule has 0 N–H and O–H groups in total. The Morgan fingerprint density at radius 1 is 0.971 bits per heavy atom. The van der Waals surface area contributed by atoms with E-state index in [1.165, 1.54) is 49.3 Å². The fourth-order valence-electron chi connectivity index (χ4n) is 4.71. The molecule has 3 aromatic rings. The molecule has 0 unspecified atom stereocenters. The smallest absolute Gasteiger partial charge is 0.285 e. The molecule has 0 aliphatic carbocycles. The first-order valence-electron chi connectivity index (χ1n) is 12.2. The van der Waals surface area contributed by atoms with Gasteiger partial charge in [-0.25, -0.2) is 0 Å². The Morgan fingerprint density at radius 2 is 1.77 bits per heavy atom. The lowest BCUT2D eigenvalue weighted by atomic mass is 10.1. The van der Waals surface area contributed by atoms with E-state index in [0.717, 1.165) is 24.3 Å². The van der Waals surface area contributed by atoms with Crippen molar-refractivity contribution < 1.29 is 13.2 Å². The van der Waals surface area contributed by atoms with Gasteiger partial charge >= 0.3 is 0 Å². The lowest BCUT2D eigenvalue weighted by molar-refractivity contribution is 0.220. The molecule has 2 aliphatic heterocycles. The Hall–Kier alpha value is -2.68. The topological polar surface area (TPSA) is 62.2 Å². The van der Waals surface area contributed by atoms with E-state index in [4.69, 9.17) is 4.74 Å². The fraction of sp³-hybridized carbons (Fsp3) is 0.370. The van der Waals surface area contributed by atoms with E-state index in [9.17, 15) is 8.42 Å². The summed E-state index contributed by atoms with van der Waals surface area (Å²) in [5, 5.41) is 3.54. The molecule has 0 saturated carbocycles. The molecule has 1 aromatic heterocycles. The molecule has 0 amide bonds. The third-order valence-electron chi connectivity index (χ3n) is 6.46. The highest BCUT2D eigenvalue weighted by Gasteiger charge is 2.32. The first-order valence-corrected chi connectivity index (χ1v) is 14.6. The number of amidine groups is 1. The highest BCUT2D eigenvalue weighted by atomic mass is 32.2. The molecular formula is C27H31N3O3S2. The second-order valence-electron chi connectivity index (χ2n) is 9.13. The third kappa shape index (κ3) is 5.94. The van der Waals surface area contributed by atoms with Crippen molar-refractivity contribution in [1.82, 2.24) is 9.80 Å². The number of benzene rings is 2. The minimum Gasteiger partial charge on any atom is -0.494 e. The summed E-state index contributed by atoms with van der Waals surface area (Å²) in [5.74, 6) is 1.42. The monoisotopic (exact) mass is 509 g/mol. The minimum atomic E-state index is -3.62. The van der Waals surface area contributed by atoms with Crippen molar-refractivity contribution in [2.45, 2.75) is 43.7 Å². The Labute approximate surface area is 211 Å². The van der Waals surface area contributed by atoms with E-state index in [0.29, 0.717) is 36.0 Å². The number of piperidine rings is 1. The van der Waals surface area contributed by atoms with Crippen molar-refractivity contribution in [1.29, 1.82) is 0 Å². The zero-order valence-electron chi connectivity index (χ0n) is 19.8. The van der Waals surface area contributed by atoms with Crippen LogP contribution in [-0.4, -0.2) is 50.3 Å². The lowest BCUT2D eigenvalue weighted by Crippen LogP contribution is -2.32. The van der Waals surface area contributed by atoms with E-state index in [-0.39, 0.29) is 0 Å². The molecule has 0 spiro atoms. The zero-order valence-corrected chi connectivity index (χ0v) is 21.4. The lowest BCUT2D eigenvalue weighted by Gasteiger charge is -2.26. The number of likely N-dealkylation sites (tertiary alicyclic amines) is 1. The molecule has 0 radical (unpaired) electrons. The third-order valence-corrected chi connectivity index (χ3v) is 8.66. The largest absolute Gasteiger partial charge is 0.494 e. The highest BCUT2D eigenvalue weighted by molar-refractivity contribution is 7.91. The van der Waals surface area contributed by atoms with E-state index >= 15 is 0 Å². The quantitative estimate of drug-likeness (QED) is 0.373. The molecule has 2 aliphatic rings. The Kier molecular flexibility index (Phi) is 7.51. The Bertz CT molecular complexity index is 1270. The average Bonchev–Trinajstić information content (AvgIpc) is 3.46.